The second kappa shape index (κ2) is 48.0. The molecule has 0 amide bonds. The van der Waals surface area contributed by atoms with Crippen molar-refractivity contribution in [3.63, 3.8) is 0 Å². The second-order valence-corrected chi connectivity index (χ2v) is 16.7. The zero-order valence-electron chi connectivity index (χ0n) is 39.0. The van der Waals surface area contributed by atoms with E-state index in [1.165, 1.54) is 128 Å². The fourth-order valence-electron chi connectivity index (χ4n) is 7.04. The lowest BCUT2D eigenvalue weighted by atomic mass is 10.1. The number of unbranched alkanes of at least 4 members (excludes halogenated alkanes) is 26. The van der Waals surface area contributed by atoms with Crippen LogP contribution in [0.15, 0.2) is 48.6 Å². The molecule has 0 saturated carbocycles. The number of hydrogen-bond donors (Lipinski definition) is 0. The Labute approximate surface area is 365 Å². The molecule has 6 heteroatoms. The first-order chi connectivity index (χ1) is 29.0. The maximum Gasteiger partial charge on any atom is 0.306 e. The maximum atomic E-state index is 12.8. The van der Waals surface area contributed by atoms with Crippen LogP contribution in [0.5, 0.6) is 0 Å². The molecule has 0 spiro atoms. The van der Waals surface area contributed by atoms with E-state index in [4.69, 9.17) is 14.2 Å². The van der Waals surface area contributed by atoms with Crippen LogP contribution in [-0.2, 0) is 28.6 Å². The van der Waals surface area contributed by atoms with Gasteiger partial charge in [0.2, 0.25) is 0 Å². The molecule has 0 N–H and O–H groups in total. The van der Waals surface area contributed by atoms with Crippen molar-refractivity contribution in [1.29, 1.82) is 0 Å². The lowest BCUT2D eigenvalue weighted by molar-refractivity contribution is -0.167. The summed E-state index contributed by atoms with van der Waals surface area (Å²) in [6.45, 7) is 6.48. The van der Waals surface area contributed by atoms with E-state index in [9.17, 15) is 14.4 Å². The van der Waals surface area contributed by atoms with Crippen molar-refractivity contribution in [2.24, 2.45) is 0 Å². The minimum atomic E-state index is -0.774. The zero-order chi connectivity index (χ0) is 43.0. The molecule has 0 aliphatic rings. The van der Waals surface area contributed by atoms with Gasteiger partial charge < -0.3 is 14.2 Å². The van der Waals surface area contributed by atoms with Gasteiger partial charge in [-0.2, -0.15) is 0 Å². The molecule has 0 fully saturated rings. The number of carbonyl (C=O) groups excluding carboxylic acids is 3. The van der Waals surface area contributed by atoms with Gasteiger partial charge in [0, 0.05) is 19.3 Å². The summed E-state index contributed by atoms with van der Waals surface area (Å²) < 4.78 is 16.7. The van der Waals surface area contributed by atoms with Crippen LogP contribution in [-0.4, -0.2) is 37.2 Å². The van der Waals surface area contributed by atoms with Crippen LogP contribution in [0.4, 0.5) is 0 Å². The number of ether oxygens (including phenoxy) is 3. The molecule has 0 aromatic heterocycles. The number of hydrogen-bond acceptors (Lipinski definition) is 6. The number of allylic oxidation sites excluding steroid dienone is 8. The number of esters is 3. The molecule has 0 saturated heterocycles. The van der Waals surface area contributed by atoms with Gasteiger partial charge in [0.15, 0.2) is 6.10 Å². The van der Waals surface area contributed by atoms with Gasteiger partial charge >= 0.3 is 17.9 Å². The Morgan fingerprint density at radius 1 is 0.356 bits per heavy atom. The molecule has 0 aromatic rings. The Kier molecular flexibility index (Phi) is 45.9. The van der Waals surface area contributed by atoms with Crippen molar-refractivity contribution in [2.45, 2.75) is 258 Å². The fraction of sp³-hybridized carbons (Fsp3) is 0.792. The number of rotatable bonds is 45. The van der Waals surface area contributed by atoms with Gasteiger partial charge in [-0.1, -0.05) is 204 Å². The molecule has 1 atom stereocenters. The summed E-state index contributed by atoms with van der Waals surface area (Å²) in [5, 5.41) is 0. The monoisotopic (exact) mass is 827 g/mol. The molecule has 6 nitrogen and oxygen atoms in total. The van der Waals surface area contributed by atoms with E-state index in [1.54, 1.807) is 0 Å². The van der Waals surface area contributed by atoms with E-state index in [2.05, 4.69) is 69.4 Å². The molecule has 59 heavy (non-hydrogen) atoms. The third-order valence-electron chi connectivity index (χ3n) is 10.8. The van der Waals surface area contributed by atoms with E-state index in [-0.39, 0.29) is 31.1 Å². The SMILES string of the molecule is CC/C=C\C/C=C\C/C=C\CCCCCCCCCC(=O)OCC(COC(=O)CCCCCCCCC)OC(=O)CCCCCCCCC/C=C\CCCCCCCC. The highest BCUT2D eigenvalue weighted by molar-refractivity contribution is 5.71. The molecule has 1 unspecified atom stereocenters. The first-order valence-corrected chi connectivity index (χ1v) is 25.1. The maximum absolute atomic E-state index is 12.8. The summed E-state index contributed by atoms with van der Waals surface area (Å²) in [5.74, 6) is -0.893. The van der Waals surface area contributed by atoms with Crippen LogP contribution in [0.25, 0.3) is 0 Å². The van der Waals surface area contributed by atoms with E-state index in [1.807, 2.05) is 0 Å². The summed E-state index contributed by atoms with van der Waals surface area (Å²) >= 11 is 0. The molecule has 0 rings (SSSR count). The molecule has 0 aliphatic carbocycles. The average molecular weight is 827 g/mol. The van der Waals surface area contributed by atoms with E-state index in [0.717, 1.165) is 83.5 Å². The largest absolute Gasteiger partial charge is 0.462 e. The Morgan fingerprint density at radius 3 is 1.05 bits per heavy atom. The molecule has 0 aromatic carbocycles. The van der Waals surface area contributed by atoms with Gasteiger partial charge in [-0.05, 0) is 77.0 Å². The summed E-state index contributed by atoms with van der Waals surface area (Å²) in [7, 11) is 0. The van der Waals surface area contributed by atoms with Crippen LogP contribution in [0, 0.1) is 0 Å². The summed E-state index contributed by atoms with van der Waals surface area (Å²) in [5.41, 5.74) is 0. The van der Waals surface area contributed by atoms with Crippen molar-refractivity contribution < 1.29 is 28.6 Å². The molecule has 342 valence electrons. The topological polar surface area (TPSA) is 78.9 Å². The normalized spacial score (nSPS) is 12.4. The first kappa shape index (κ1) is 56.4. The molecule has 0 aliphatic heterocycles. The third kappa shape index (κ3) is 46.3. The summed E-state index contributed by atoms with van der Waals surface area (Å²) in [6, 6.07) is 0. The van der Waals surface area contributed by atoms with Gasteiger partial charge in [0.25, 0.3) is 0 Å². The lowest BCUT2D eigenvalue weighted by Crippen LogP contribution is -2.30. The van der Waals surface area contributed by atoms with Crippen molar-refractivity contribution in [2.75, 3.05) is 13.2 Å². The third-order valence-corrected chi connectivity index (χ3v) is 10.8. The van der Waals surface area contributed by atoms with Gasteiger partial charge in [-0.25, -0.2) is 0 Å². The van der Waals surface area contributed by atoms with Gasteiger partial charge in [-0.3, -0.25) is 14.4 Å². The lowest BCUT2D eigenvalue weighted by Gasteiger charge is -2.18. The smallest absolute Gasteiger partial charge is 0.306 e. The van der Waals surface area contributed by atoms with Crippen molar-refractivity contribution in [3.05, 3.63) is 48.6 Å². The van der Waals surface area contributed by atoms with Crippen LogP contribution in [0.1, 0.15) is 252 Å². The predicted molar refractivity (Wildman–Crippen MR) is 252 cm³/mol. The molecular weight excluding hydrogens is 733 g/mol. The van der Waals surface area contributed by atoms with Gasteiger partial charge in [0.1, 0.15) is 13.2 Å². The van der Waals surface area contributed by atoms with E-state index >= 15 is 0 Å². The van der Waals surface area contributed by atoms with Crippen LogP contribution in [0.2, 0.25) is 0 Å². The van der Waals surface area contributed by atoms with Gasteiger partial charge in [-0.15, -0.1) is 0 Å². The predicted octanol–water partition coefficient (Wildman–Crippen LogP) is 16.3. The van der Waals surface area contributed by atoms with E-state index < -0.39 is 6.10 Å². The summed E-state index contributed by atoms with van der Waals surface area (Å²) in [6.07, 6.45) is 56.8. The highest BCUT2D eigenvalue weighted by Gasteiger charge is 2.19. The van der Waals surface area contributed by atoms with Crippen molar-refractivity contribution in [1.82, 2.24) is 0 Å². The zero-order valence-corrected chi connectivity index (χ0v) is 39.0. The van der Waals surface area contributed by atoms with Crippen LogP contribution >= 0.6 is 0 Å². The Morgan fingerprint density at radius 2 is 0.661 bits per heavy atom. The molecule has 0 heterocycles. The minimum Gasteiger partial charge on any atom is -0.462 e. The number of carbonyl (C=O) groups is 3. The van der Waals surface area contributed by atoms with E-state index in [0.29, 0.717) is 19.3 Å². The molecular formula is C53H94O6. The minimum absolute atomic E-state index is 0.0770. The highest BCUT2D eigenvalue weighted by Crippen LogP contribution is 2.14. The van der Waals surface area contributed by atoms with Crippen molar-refractivity contribution in [3.8, 4) is 0 Å². The Hall–Kier alpha value is -2.63. The average Bonchev–Trinajstić information content (AvgIpc) is 3.23. The van der Waals surface area contributed by atoms with Crippen LogP contribution in [0.3, 0.4) is 0 Å². The van der Waals surface area contributed by atoms with Crippen molar-refractivity contribution >= 4 is 17.9 Å². The Bertz CT molecular complexity index is 1040. The van der Waals surface area contributed by atoms with Crippen LogP contribution < -0.4 is 0 Å². The second-order valence-electron chi connectivity index (χ2n) is 16.7. The first-order valence-electron chi connectivity index (χ1n) is 25.1. The quantitative estimate of drug-likeness (QED) is 0.0263. The fourth-order valence-corrected chi connectivity index (χ4v) is 7.04. The molecule has 0 radical (unpaired) electrons. The highest BCUT2D eigenvalue weighted by atomic mass is 16.6. The van der Waals surface area contributed by atoms with Gasteiger partial charge in [0.05, 0.1) is 0 Å². The Balaban J connectivity index is 4.27. The summed E-state index contributed by atoms with van der Waals surface area (Å²) in [4.78, 5) is 37.8. The molecule has 0 bridgehead atoms. The standard InChI is InChI=1S/C53H94O6/c1-4-7-10-13-16-18-20-22-24-26-28-30-32-34-37-40-43-46-52(55)58-49-50(48-57-51(54)45-42-39-36-15-12-9-6-3)59-53(56)47-44-41-38-35-33-31-29-27-25-23-21-19-17-14-11-8-5-2/h7,10,16,18,22-25,50H,4-6,8-9,11-15,17,19-21,26-49H2,1-3H3/b10-7-,18-16-,24-22-,25-23-.